The third kappa shape index (κ3) is 4.53. The fraction of sp³-hybridized carbons (Fsp3) is 0.250. The van der Waals surface area contributed by atoms with Gasteiger partial charge in [-0.3, -0.25) is 4.79 Å². The maximum absolute atomic E-state index is 12.1. The van der Waals surface area contributed by atoms with E-state index in [0.29, 0.717) is 17.2 Å². The molecule has 0 bridgehead atoms. The number of methoxy groups -OCH3 is 3. The Morgan fingerprint density at radius 2 is 1.56 bits per heavy atom. The standard InChI is InChI=1S/C20H23NO4/c1-13-6-8-16(10-14(13)2)21-19(22)9-7-15-11-17(23-3)20(25-5)18(12-15)24-4/h6-12H,1-5H3,(H,21,22). The van der Waals surface area contributed by atoms with Crippen LogP contribution in [0, 0.1) is 13.8 Å². The SMILES string of the molecule is COc1cc(C=CC(=O)Nc2ccc(C)c(C)c2)cc(OC)c1OC. The number of aryl methyl sites for hydroxylation is 2. The molecule has 1 N–H and O–H groups in total. The van der Waals surface area contributed by atoms with Crippen LogP contribution >= 0.6 is 0 Å². The zero-order valence-corrected chi connectivity index (χ0v) is 15.2. The lowest BCUT2D eigenvalue weighted by atomic mass is 10.1. The Balaban J connectivity index is 2.17. The van der Waals surface area contributed by atoms with E-state index in [0.717, 1.165) is 16.8 Å². The number of benzene rings is 2. The van der Waals surface area contributed by atoms with Crippen molar-refractivity contribution >= 4 is 17.7 Å². The number of ether oxygens (including phenoxy) is 3. The molecule has 5 nitrogen and oxygen atoms in total. The van der Waals surface area contributed by atoms with Crippen molar-refractivity contribution in [1.82, 2.24) is 0 Å². The lowest BCUT2D eigenvalue weighted by Crippen LogP contribution is -2.08. The van der Waals surface area contributed by atoms with E-state index >= 15 is 0 Å². The lowest BCUT2D eigenvalue weighted by molar-refractivity contribution is -0.111. The zero-order valence-electron chi connectivity index (χ0n) is 15.2. The number of hydrogen-bond donors (Lipinski definition) is 1. The molecule has 0 radical (unpaired) electrons. The molecule has 2 rings (SSSR count). The molecule has 0 unspecified atom stereocenters. The Morgan fingerprint density at radius 3 is 2.08 bits per heavy atom. The van der Waals surface area contributed by atoms with Gasteiger partial charge in [0.15, 0.2) is 11.5 Å². The quantitative estimate of drug-likeness (QED) is 0.808. The van der Waals surface area contributed by atoms with Gasteiger partial charge in [-0.2, -0.15) is 0 Å². The van der Waals surface area contributed by atoms with Crippen molar-refractivity contribution in [2.24, 2.45) is 0 Å². The first-order chi connectivity index (χ1) is 12.0. The summed E-state index contributed by atoms with van der Waals surface area (Å²) < 4.78 is 15.9. The molecule has 132 valence electrons. The average Bonchev–Trinajstić information content (AvgIpc) is 2.62. The van der Waals surface area contributed by atoms with Gasteiger partial charge in [-0.15, -0.1) is 0 Å². The maximum Gasteiger partial charge on any atom is 0.248 e. The summed E-state index contributed by atoms with van der Waals surface area (Å²) in [5.41, 5.74) is 3.85. The third-order valence-corrected chi connectivity index (χ3v) is 3.89. The van der Waals surface area contributed by atoms with E-state index in [1.165, 1.54) is 11.6 Å². The van der Waals surface area contributed by atoms with Crippen LogP contribution < -0.4 is 19.5 Å². The molecule has 0 aliphatic rings. The number of hydrogen-bond acceptors (Lipinski definition) is 4. The largest absolute Gasteiger partial charge is 0.493 e. The van der Waals surface area contributed by atoms with Crippen molar-refractivity contribution in [3.8, 4) is 17.2 Å². The van der Waals surface area contributed by atoms with Crippen LogP contribution in [0.5, 0.6) is 17.2 Å². The molecule has 0 spiro atoms. The van der Waals surface area contributed by atoms with Crippen molar-refractivity contribution in [2.75, 3.05) is 26.6 Å². The monoisotopic (exact) mass is 341 g/mol. The van der Waals surface area contributed by atoms with Gasteiger partial charge in [0, 0.05) is 11.8 Å². The molecule has 0 aromatic heterocycles. The van der Waals surface area contributed by atoms with Gasteiger partial charge in [-0.25, -0.2) is 0 Å². The highest BCUT2D eigenvalue weighted by atomic mass is 16.5. The first-order valence-corrected chi connectivity index (χ1v) is 7.84. The normalized spacial score (nSPS) is 10.6. The summed E-state index contributed by atoms with van der Waals surface area (Å²) in [5, 5.41) is 2.85. The molecule has 0 fully saturated rings. The number of carbonyl (C=O) groups is 1. The first kappa shape index (κ1) is 18.4. The Hall–Kier alpha value is -2.95. The second-order valence-corrected chi connectivity index (χ2v) is 5.58. The molecular weight excluding hydrogens is 318 g/mol. The summed E-state index contributed by atoms with van der Waals surface area (Å²) in [6.07, 6.45) is 3.16. The molecule has 2 aromatic carbocycles. The van der Waals surface area contributed by atoms with Crippen LogP contribution in [0.25, 0.3) is 6.08 Å². The van der Waals surface area contributed by atoms with Crippen LogP contribution in [0.1, 0.15) is 16.7 Å². The molecule has 0 saturated carbocycles. The van der Waals surface area contributed by atoms with E-state index in [4.69, 9.17) is 14.2 Å². The van der Waals surface area contributed by atoms with Gasteiger partial charge in [-0.1, -0.05) is 6.07 Å². The number of carbonyl (C=O) groups excluding carboxylic acids is 1. The van der Waals surface area contributed by atoms with E-state index in [2.05, 4.69) is 5.32 Å². The second kappa shape index (κ2) is 8.24. The van der Waals surface area contributed by atoms with E-state index in [1.807, 2.05) is 32.0 Å². The average molecular weight is 341 g/mol. The zero-order chi connectivity index (χ0) is 18.4. The molecule has 1 amide bonds. The summed E-state index contributed by atoms with van der Waals surface area (Å²) in [4.78, 5) is 12.1. The second-order valence-electron chi connectivity index (χ2n) is 5.58. The number of amides is 1. The molecule has 25 heavy (non-hydrogen) atoms. The van der Waals surface area contributed by atoms with E-state index in [1.54, 1.807) is 39.5 Å². The first-order valence-electron chi connectivity index (χ1n) is 7.84. The fourth-order valence-corrected chi connectivity index (χ4v) is 2.37. The van der Waals surface area contributed by atoms with Crippen molar-refractivity contribution in [3.63, 3.8) is 0 Å². The van der Waals surface area contributed by atoms with Crippen LogP contribution in [0.4, 0.5) is 5.69 Å². The van der Waals surface area contributed by atoms with Crippen LogP contribution in [-0.2, 0) is 4.79 Å². The number of anilines is 1. The molecule has 2 aromatic rings. The van der Waals surface area contributed by atoms with E-state index < -0.39 is 0 Å². The maximum atomic E-state index is 12.1. The van der Waals surface area contributed by atoms with Gasteiger partial charge in [0.05, 0.1) is 21.3 Å². The minimum absolute atomic E-state index is 0.211. The smallest absolute Gasteiger partial charge is 0.248 e. The predicted molar refractivity (Wildman–Crippen MR) is 99.7 cm³/mol. The predicted octanol–water partition coefficient (Wildman–Crippen LogP) is 3.98. The summed E-state index contributed by atoms with van der Waals surface area (Å²) >= 11 is 0. The minimum Gasteiger partial charge on any atom is -0.493 e. The van der Waals surface area contributed by atoms with Crippen molar-refractivity contribution < 1.29 is 19.0 Å². The van der Waals surface area contributed by atoms with Crippen molar-refractivity contribution in [3.05, 3.63) is 53.1 Å². The van der Waals surface area contributed by atoms with Gasteiger partial charge < -0.3 is 19.5 Å². The molecular formula is C20H23NO4. The highest BCUT2D eigenvalue weighted by Gasteiger charge is 2.12. The third-order valence-electron chi connectivity index (χ3n) is 3.89. The highest BCUT2D eigenvalue weighted by Crippen LogP contribution is 2.38. The van der Waals surface area contributed by atoms with Crippen LogP contribution in [0.3, 0.4) is 0 Å². The van der Waals surface area contributed by atoms with Crippen LogP contribution in [-0.4, -0.2) is 27.2 Å². The Labute approximate surface area is 148 Å². The van der Waals surface area contributed by atoms with Crippen molar-refractivity contribution in [1.29, 1.82) is 0 Å². The van der Waals surface area contributed by atoms with E-state index in [-0.39, 0.29) is 5.91 Å². The Kier molecular flexibility index (Phi) is 6.06. The molecule has 0 aliphatic heterocycles. The molecule has 5 heteroatoms. The van der Waals surface area contributed by atoms with Gasteiger partial charge in [0.1, 0.15) is 0 Å². The Bertz CT molecular complexity index is 771. The summed E-state index contributed by atoms with van der Waals surface area (Å²) in [6.45, 7) is 4.04. The van der Waals surface area contributed by atoms with Gasteiger partial charge in [0.2, 0.25) is 11.7 Å². The van der Waals surface area contributed by atoms with Gasteiger partial charge in [0.25, 0.3) is 0 Å². The molecule has 0 heterocycles. The lowest BCUT2D eigenvalue weighted by Gasteiger charge is -2.12. The summed E-state index contributed by atoms with van der Waals surface area (Å²) in [7, 11) is 4.65. The van der Waals surface area contributed by atoms with Crippen molar-refractivity contribution in [2.45, 2.75) is 13.8 Å². The molecule has 0 saturated heterocycles. The molecule has 0 aliphatic carbocycles. The molecule has 0 atom stereocenters. The Morgan fingerprint density at radius 1 is 0.920 bits per heavy atom. The van der Waals surface area contributed by atoms with Gasteiger partial charge >= 0.3 is 0 Å². The minimum atomic E-state index is -0.211. The number of rotatable bonds is 6. The summed E-state index contributed by atoms with van der Waals surface area (Å²) in [5.74, 6) is 1.38. The summed E-state index contributed by atoms with van der Waals surface area (Å²) in [6, 6.07) is 9.37. The van der Waals surface area contributed by atoms with E-state index in [9.17, 15) is 4.79 Å². The van der Waals surface area contributed by atoms with Crippen LogP contribution in [0.2, 0.25) is 0 Å². The topological polar surface area (TPSA) is 56.8 Å². The highest BCUT2D eigenvalue weighted by molar-refractivity contribution is 6.02. The van der Waals surface area contributed by atoms with Crippen LogP contribution in [0.15, 0.2) is 36.4 Å². The fourth-order valence-electron chi connectivity index (χ4n) is 2.37. The van der Waals surface area contributed by atoms with Gasteiger partial charge in [-0.05, 0) is 60.9 Å². The number of nitrogens with one attached hydrogen (secondary N) is 1.